The third-order valence-corrected chi connectivity index (χ3v) is 5.93. The van der Waals surface area contributed by atoms with Gasteiger partial charge in [0, 0.05) is 18.0 Å². The molecule has 7 heteroatoms. The molecule has 4 rings (SSSR count). The number of rotatable bonds is 5. The number of amides is 1. The van der Waals surface area contributed by atoms with Gasteiger partial charge in [0.25, 0.3) is 5.91 Å². The van der Waals surface area contributed by atoms with Crippen LogP contribution in [0.2, 0.25) is 0 Å². The smallest absolute Gasteiger partial charge is 0.355 e. The van der Waals surface area contributed by atoms with Crippen LogP contribution in [-0.4, -0.2) is 40.4 Å². The zero-order chi connectivity index (χ0) is 19.7. The second-order valence-electron chi connectivity index (χ2n) is 6.55. The highest BCUT2D eigenvalue weighted by Gasteiger charge is 2.22. The number of hydrogen-bond donors (Lipinski definition) is 1. The Morgan fingerprint density at radius 1 is 1.18 bits per heavy atom. The van der Waals surface area contributed by atoms with Gasteiger partial charge in [-0.3, -0.25) is 4.79 Å². The van der Waals surface area contributed by atoms with Crippen molar-refractivity contribution in [3.8, 4) is 0 Å². The summed E-state index contributed by atoms with van der Waals surface area (Å²) in [6.45, 7) is 1.59. The molecule has 0 radical (unpaired) electrons. The van der Waals surface area contributed by atoms with Crippen molar-refractivity contribution in [1.82, 2.24) is 14.9 Å². The van der Waals surface area contributed by atoms with Crippen LogP contribution >= 0.6 is 11.3 Å². The van der Waals surface area contributed by atoms with Crippen LogP contribution < -0.4 is 0 Å². The average Bonchev–Trinajstić information content (AvgIpc) is 3.34. The van der Waals surface area contributed by atoms with E-state index in [2.05, 4.69) is 9.97 Å². The number of nitrogens with one attached hydrogen (secondary N) is 1. The molecule has 0 spiro atoms. The predicted octanol–water partition coefficient (Wildman–Crippen LogP) is 4.15. The summed E-state index contributed by atoms with van der Waals surface area (Å²) in [5.41, 5.74) is 2.10. The highest BCUT2D eigenvalue weighted by atomic mass is 32.1. The molecule has 0 aliphatic rings. The van der Waals surface area contributed by atoms with Crippen LogP contribution in [0, 0.1) is 0 Å². The third-order valence-electron chi connectivity index (χ3n) is 4.72. The monoisotopic (exact) mass is 393 g/mol. The van der Waals surface area contributed by atoms with Gasteiger partial charge < -0.3 is 14.6 Å². The van der Waals surface area contributed by atoms with E-state index in [4.69, 9.17) is 4.74 Å². The molecule has 1 N–H and O–H groups in total. The zero-order valence-corrected chi connectivity index (χ0v) is 16.3. The summed E-state index contributed by atoms with van der Waals surface area (Å²) in [6, 6.07) is 16.9. The van der Waals surface area contributed by atoms with Gasteiger partial charge in [0.2, 0.25) is 0 Å². The van der Waals surface area contributed by atoms with E-state index in [1.165, 1.54) is 0 Å². The molecule has 4 aromatic rings. The molecule has 2 heterocycles. The summed E-state index contributed by atoms with van der Waals surface area (Å²) in [5.74, 6) is -0.832. The number of esters is 1. The molecule has 0 fully saturated rings. The highest BCUT2D eigenvalue weighted by molar-refractivity contribution is 7.18. The molecule has 0 saturated carbocycles. The van der Waals surface area contributed by atoms with E-state index in [0.717, 1.165) is 26.1 Å². The molecule has 28 heavy (non-hydrogen) atoms. The first-order valence-electron chi connectivity index (χ1n) is 8.89. The third kappa shape index (κ3) is 3.48. The summed E-state index contributed by atoms with van der Waals surface area (Å²) in [7, 11) is 1.69. The Kier molecular flexibility index (Phi) is 4.83. The summed E-state index contributed by atoms with van der Waals surface area (Å²) < 4.78 is 6.29. The fraction of sp³-hybridized carbons (Fsp3) is 0.190. The van der Waals surface area contributed by atoms with E-state index in [1.54, 1.807) is 29.4 Å². The number of aromatic nitrogens is 2. The maximum absolute atomic E-state index is 12.5. The molecule has 0 bridgehead atoms. The molecule has 1 atom stereocenters. The molecule has 0 saturated heterocycles. The topological polar surface area (TPSA) is 75.3 Å². The first-order valence-corrected chi connectivity index (χ1v) is 9.70. The number of carbonyl (C=O) groups is 2. The van der Waals surface area contributed by atoms with E-state index in [-0.39, 0.29) is 18.6 Å². The SMILES string of the molecule is C[C@@H](c1nc2ccccc2s1)N(C)C(=O)COC(=O)c1cc2ccccc2[nH]1. The van der Waals surface area contributed by atoms with Crippen molar-refractivity contribution in [2.45, 2.75) is 13.0 Å². The van der Waals surface area contributed by atoms with Gasteiger partial charge in [-0.25, -0.2) is 9.78 Å². The van der Waals surface area contributed by atoms with E-state index in [1.807, 2.05) is 55.5 Å². The lowest BCUT2D eigenvalue weighted by atomic mass is 10.2. The minimum atomic E-state index is -0.550. The van der Waals surface area contributed by atoms with Crippen LogP contribution in [-0.2, 0) is 9.53 Å². The molecule has 6 nitrogen and oxygen atoms in total. The molecule has 2 aromatic carbocycles. The number of nitrogens with zero attached hydrogens (tertiary/aromatic N) is 2. The van der Waals surface area contributed by atoms with Gasteiger partial charge in [-0.2, -0.15) is 0 Å². The van der Waals surface area contributed by atoms with Crippen LogP contribution in [0.25, 0.3) is 21.1 Å². The molecule has 0 aliphatic heterocycles. The summed E-state index contributed by atoms with van der Waals surface area (Å²) >= 11 is 1.56. The van der Waals surface area contributed by atoms with Crippen LogP contribution in [0.4, 0.5) is 0 Å². The number of H-pyrrole nitrogens is 1. The molecular formula is C21H19N3O3S. The van der Waals surface area contributed by atoms with E-state index in [0.29, 0.717) is 5.69 Å². The number of benzene rings is 2. The largest absolute Gasteiger partial charge is 0.451 e. The fourth-order valence-corrected chi connectivity index (χ4v) is 4.00. The average molecular weight is 393 g/mol. The van der Waals surface area contributed by atoms with Gasteiger partial charge in [0.15, 0.2) is 6.61 Å². The minimum Gasteiger partial charge on any atom is -0.451 e. The Labute approximate surface area is 165 Å². The standard InChI is InChI=1S/C21H19N3O3S/c1-13(20-23-16-9-5-6-10-18(16)28-20)24(2)19(25)12-27-21(26)17-11-14-7-3-4-8-15(14)22-17/h3-11,13,22H,12H2,1-2H3/t13-/m0/s1. The lowest BCUT2D eigenvalue weighted by Gasteiger charge is -2.22. The second kappa shape index (κ2) is 7.44. The predicted molar refractivity (Wildman–Crippen MR) is 109 cm³/mol. The normalized spacial score (nSPS) is 12.2. The van der Waals surface area contributed by atoms with Crippen LogP contribution in [0.3, 0.4) is 0 Å². The molecule has 0 aliphatic carbocycles. The molecular weight excluding hydrogens is 374 g/mol. The number of ether oxygens (including phenoxy) is 1. The van der Waals surface area contributed by atoms with Crippen LogP contribution in [0.5, 0.6) is 0 Å². The van der Waals surface area contributed by atoms with Crippen molar-refractivity contribution in [2.24, 2.45) is 0 Å². The molecule has 142 valence electrons. The quantitative estimate of drug-likeness (QED) is 0.517. The number of hydrogen-bond acceptors (Lipinski definition) is 5. The first kappa shape index (κ1) is 18.2. The van der Waals surface area contributed by atoms with Crippen molar-refractivity contribution in [1.29, 1.82) is 0 Å². The number of carbonyl (C=O) groups excluding carboxylic acids is 2. The highest BCUT2D eigenvalue weighted by Crippen LogP contribution is 2.28. The number of aromatic amines is 1. The van der Waals surface area contributed by atoms with Gasteiger partial charge in [-0.15, -0.1) is 11.3 Å². The van der Waals surface area contributed by atoms with Gasteiger partial charge >= 0.3 is 5.97 Å². The molecule has 1 amide bonds. The van der Waals surface area contributed by atoms with E-state index in [9.17, 15) is 9.59 Å². The summed E-state index contributed by atoms with van der Waals surface area (Å²) in [6.07, 6.45) is 0. The maximum Gasteiger partial charge on any atom is 0.355 e. The van der Waals surface area contributed by atoms with Crippen LogP contribution in [0.15, 0.2) is 54.6 Å². The summed E-state index contributed by atoms with van der Waals surface area (Å²) in [5, 5.41) is 1.77. The molecule has 2 aromatic heterocycles. The maximum atomic E-state index is 12.5. The van der Waals surface area contributed by atoms with Crippen molar-refractivity contribution in [2.75, 3.05) is 13.7 Å². The first-order chi connectivity index (χ1) is 13.5. The number of para-hydroxylation sites is 2. The Bertz CT molecular complexity index is 1100. The Morgan fingerprint density at radius 2 is 1.93 bits per heavy atom. The van der Waals surface area contributed by atoms with Crippen molar-refractivity contribution in [3.63, 3.8) is 0 Å². The van der Waals surface area contributed by atoms with Gasteiger partial charge in [-0.05, 0) is 31.2 Å². The van der Waals surface area contributed by atoms with Crippen LogP contribution in [0.1, 0.15) is 28.5 Å². The molecule has 0 unspecified atom stereocenters. The van der Waals surface area contributed by atoms with E-state index < -0.39 is 5.97 Å². The van der Waals surface area contributed by atoms with Gasteiger partial charge in [-0.1, -0.05) is 30.3 Å². The zero-order valence-electron chi connectivity index (χ0n) is 15.5. The number of thiazole rings is 1. The van der Waals surface area contributed by atoms with Gasteiger partial charge in [0.1, 0.15) is 10.7 Å². The number of likely N-dealkylation sites (N-methyl/N-ethyl adjacent to an activating group) is 1. The Hall–Kier alpha value is -3.19. The lowest BCUT2D eigenvalue weighted by Crippen LogP contribution is -2.33. The number of fused-ring (bicyclic) bond motifs is 2. The Morgan fingerprint density at radius 3 is 2.71 bits per heavy atom. The van der Waals surface area contributed by atoms with Gasteiger partial charge in [0.05, 0.1) is 16.3 Å². The van der Waals surface area contributed by atoms with Crippen molar-refractivity contribution >= 4 is 44.3 Å². The van der Waals surface area contributed by atoms with E-state index >= 15 is 0 Å². The fourth-order valence-electron chi connectivity index (χ4n) is 2.94. The minimum absolute atomic E-state index is 0.211. The van der Waals surface area contributed by atoms with Crippen molar-refractivity contribution in [3.05, 3.63) is 65.3 Å². The Balaban J connectivity index is 1.40. The lowest BCUT2D eigenvalue weighted by molar-refractivity contribution is -0.135. The summed E-state index contributed by atoms with van der Waals surface area (Å²) in [4.78, 5) is 33.9. The second-order valence-corrected chi connectivity index (χ2v) is 7.61. The van der Waals surface area contributed by atoms with Crippen molar-refractivity contribution < 1.29 is 14.3 Å².